The molecule has 2 rings (SSSR count). The van der Waals surface area contributed by atoms with Crippen LogP contribution in [0.15, 0.2) is 6.07 Å². The lowest BCUT2D eigenvalue weighted by molar-refractivity contribution is 0.685. The number of nitrogen functional groups attached to an aromatic ring is 1. The molecule has 1 fully saturated rings. The number of anilines is 2. The molecule has 0 radical (unpaired) electrons. The standard InChI is InChI=1S/C11H19N5S/c1-3-9-13-10(15-12)6-11(14-9)16-4-5-17-7-8(16)2/h6,8H,3-5,7,12H2,1-2H3,(H,13,14,15). The van der Waals surface area contributed by atoms with E-state index in [2.05, 4.69) is 34.1 Å². The number of rotatable bonds is 3. The average molecular weight is 253 g/mol. The Morgan fingerprint density at radius 2 is 2.41 bits per heavy atom. The Hall–Kier alpha value is -1.01. The molecule has 1 aliphatic heterocycles. The van der Waals surface area contributed by atoms with Crippen LogP contribution in [0.2, 0.25) is 0 Å². The summed E-state index contributed by atoms with van der Waals surface area (Å²) >= 11 is 2.00. The topological polar surface area (TPSA) is 67.1 Å². The molecule has 1 aromatic heterocycles. The lowest BCUT2D eigenvalue weighted by atomic mass is 10.3. The number of nitrogens with one attached hydrogen (secondary N) is 1. The van der Waals surface area contributed by atoms with E-state index in [0.29, 0.717) is 11.9 Å². The maximum atomic E-state index is 5.44. The number of aryl methyl sites for hydroxylation is 1. The molecule has 0 saturated carbocycles. The molecule has 0 aromatic carbocycles. The van der Waals surface area contributed by atoms with E-state index in [1.807, 2.05) is 17.8 Å². The third-order valence-electron chi connectivity index (χ3n) is 2.88. The zero-order chi connectivity index (χ0) is 12.3. The van der Waals surface area contributed by atoms with Gasteiger partial charge in [0.2, 0.25) is 0 Å². The van der Waals surface area contributed by atoms with Crippen molar-refractivity contribution in [1.82, 2.24) is 9.97 Å². The Kier molecular flexibility index (Phi) is 4.06. The second-order valence-electron chi connectivity index (χ2n) is 4.14. The van der Waals surface area contributed by atoms with Gasteiger partial charge >= 0.3 is 0 Å². The Bertz CT molecular complexity index is 362. The molecule has 1 aliphatic rings. The van der Waals surface area contributed by atoms with Crippen molar-refractivity contribution in [2.24, 2.45) is 5.84 Å². The van der Waals surface area contributed by atoms with Crippen LogP contribution in [0.5, 0.6) is 0 Å². The van der Waals surface area contributed by atoms with E-state index in [1.165, 1.54) is 0 Å². The van der Waals surface area contributed by atoms with E-state index < -0.39 is 0 Å². The summed E-state index contributed by atoms with van der Waals surface area (Å²) < 4.78 is 0. The Balaban J connectivity index is 2.29. The lowest BCUT2D eigenvalue weighted by Gasteiger charge is -2.34. The van der Waals surface area contributed by atoms with Crippen molar-refractivity contribution in [3.63, 3.8) is 0 Å². The maximum Gasteiger partial charge on any atom is 0.145 e. The van der Waals surface area contributed by atoms with Gasteiger partial charge in [-0.3, -0.25) is 0 Å². The number of nitrogens with zero attached hydrogens (tertiary/aromatic N) is 3. The molecule has 0 aliphatic carbocycles. The first kappa shape index (κ1) is 12.4. The molecule has 17 heavy (non-hydrogen) atoms. The Morgan fingerprint density at radius 3 is 3.06 bits per heavy atom. The lowest BCUT2D eigenvalue weighted by Crippen LogP contribution is -2.41. The van der Waals surface area contributed by atoms with Crippen molar-refractivity contribution in [2.75, 3.05) is 28.4 Å². The minimum Gasteiger partial charge on any atom is -0.352 e. The Labute approximate surface area is 106 Å². The molecule has 0 spiro atoms. The summed E-state index contributed by atoms with van der Waals surface area (Å²) in [7, 11) is 0. The van der Waals surface area contributed by atoms with E-state index >= 15 is 0 Å². The maximum absolute atomic E-state index is 5.44. The third-order valence-corrected chi connectivity index (χ3v) is 4.07. The van der Waals surface area contributed by atoms with Gasteiger partial charge in [-0.25, -0.2) is 15.8 Å². The molecule has 94 valence electrons. The van der Waals surface area contributed by atoms with E-state index in [1.54, 1.807) is 0 Å². The zero-order valence-corrected chi connectivity index (χ0v) is 11.1. The minimum atomic E-state index is 0.513. The van der Waals surface area contributed by atoms with Gasteiger partial charge in [-0.15, -0.1) is 0 Å². The fraction of sp³-hybridized carbons (Fsp3) is 0.636. The van der Waals surface area contributed by atoms with Crippen LogP contribution < -0.4 is 16.2 Å². The van der Waals surface area contributed by atoms with Gasteiger partial charge in [0.25, 0.3) is 0 Å². The summed E-state index contributed by atoms with van der Waals surface area (Å²) in [6.45, 7) is 5.32. The summed E-state index contributed by atoms with van der Waals surface area (Å²) in [6.07, 6.45) is 0.819. The van der Waals surface area contributed by atoms with Crippen molar-refractivity contribution in [3.8, 4) is 0 Å². The normalized spacial score (nSPS) is 20.4. The first-order valence-corrected chi connectivity index (χ1v) is 7.09. The second kappa shape index (κ2) is 5.55. The molecule has 1 unspecified atom stereocenters. The highest BCUT2D eigenvalue weighted by Gasteiger charge is 2.20. The first-order valence-electron chi connectivity index (χ1n) is 5.93. The van der Waals surface area contributed by atoms with Gasteiger partial charge in [0.05, 0.1) is 0 Å². The highest BCUT2D eigenvalue weighted by atomic mass is 32.2. The summed E-state index contributed by atoms with van der Waals surface area (Å²) in [4.78, 5) is 11.2. The van der Waals surface area contributed by atoms with Gasteiger partial charge in [-0.1, -0.05) is 6.92 Å². The summed E-state index contributed by atoms with van der Waals surface area (Å²) in [6, 6.07) is 2.44. The van der Waals surface area contributed by atoms with Crippen LogP contribution in [0.4, 0.5) is 11.6 Å². The third kappa shape index (κ3) is 2.81. The number of hydrogen-bond acceptors (Lipinski definition) is 6. The molecule has 1 saturated heterocycles. The molecular formula is C11H19N5S. The van der Waals surface area contributed by atoms with Gasteiger partial charge in [-0.05, 0) is 6.92 Å². The molecule has 1 aromatic rings. The predicted octanol–water partition coefficient (Wildman–Crippen LogP) is 1.27. The van der Waals surface area contributed by atoms with Crippen molar-refractivity contribution < 1.29 is 0 Å². The van der Waals surface area contributed by atoms with E-state index in [-0.39, 0.29) is 0 Å². The summed E-state index contributed by atoms with van der Waals surface area (Å²) in [5.41, 5.74) is 2.61. The van der Waals surface area contributed by atoms with Crippen LogP contribution in [-0.2, 0) is 6.42 Å². The minimum absolute atomic E-state index is 0.513. The quantitative estimate of drug-likeness (QED) is 0.624. The fourth-order valence-electron chi connectivity index (χ4n) is 1.93. The second-order valence-corrected chi connectivity index (χ2v) is 5.29. The molecule has 2 heterocycles. The van der Waals surface area contributed by atoms with Crippen molar-refractivity contribution >= 4 is 23.4 Å². The van der Waals surface area contributed by atoms with Crippen LogP contribution in [0.3, 0.4) is 0 Å². The van der Waals surface area contributed by atoms with Gasteiger partial charge < -0.3 is 10.3 Å². The van der Waals surface area contributed by atoms with Crippen LogP contribution in [0, 0.1) is 0 Å². The van der Waals surface area contributed by atoms with Gasteiger partial charge in [-0.2, -0.15) is 11.8 Å². The highest BCUT2D eigenvalue weighted by molar-refractivity contribution is 7.99. The number of nitrogens with two attached hydrogens (primary N) is 1. The van der Waals surface area contributed by atoms with Crippen molar-refractivity contribution in [2.45, 2.75) is 26.3 Å². The van der Waals surface area contributed by atoms with E-state index in [4.69, 9.17) is 5.84 Å². The predicted molar refractivity (Wildman–Crippen MR) is 73.4 cm³/mol. The largest absolute Gasteiger partial charge is 0.352 e. The number of thioether (sulfide) groups is 1. The summed E-state index contributed by atoms with van der Waals surface area (Å²) in [5.74, 6) is 10.3. The first-order chi connectivity index (χ1) is 8.24. The fourth-order valence-corrected chi connectivity index (χ4v) is 2.94. The van der Waals surface area contributed by atoms with Gasteiger partial charge in [0.15, 0.2) is 0 Å². The molecule has 6 heteroatoms. The molecule has 0 amide bonds. The van der Waals surface area contributed by atoms with Crippen LogP contribution >= 0.6 is 11.8 Å². The number of hydrogen-bond donors (Lipinski definition) is 2. The molecule has 1 atom stereocenters. The Morgan fingerprint density at radius 1 is 1.59 bits per heavy atom. The van der Waals surface area contributed by atoms with E-state index in [9.17, 15) is 0 Å². The van der Waals surface area contributed by atoms with Crippen LogP contribution in [0.1, 0.15) is 19.7 Å². The molecule has 5 nitrogen and oxygen atoms in total. The van der Waals surface area contributed by atoms with E-state index in [0.717, 1.165) is 36.1 Å². The monoisotopic (exact) mass is 253 g/mol. The van der Waals surface area contributed by atoms with Crippen molar-refractivity contribution in [1.29, 1.82) is 0 Å². The van der Waals surface area contributed by atoms with Gasteiger partial charge in [0, 0.05) is 36.6 Å². The molecule has 3 N–H and O–H groups in total. The number of aromatic nitrogens is 2. The van der Waals surface area contributed by atoms with Crippen LogP contribution in [0.25, 0.3) is 0 Å². The molecule has 0 bridgehead atoms. The van der Waals surface area contributed by atoms with Crippen LogP contribution in [-0.4, -0.2) is 34.1 Å². The summed E-state index contributed by atoms with van der Waals surface area (Å²) in [5, 5.41) is 0. The smallest absolute Gasteiger partial charge is 0.145 e. The molecular weight excluding hydrogens is 234 g/mol. The average Bonchev–Trinajstić information content (AvgIpc) is 2.38. The highest BCUT2D eigenvalue weighted by Crippen LogP contribution is 2.23. The zero-order valence-electron chi connectivity index (χ0n) is 10.3. The van der Waals surface area contributed by atoms with Gasteiger partial charge in [0.1, 0.15) is 17.5 Å². The number of hydrazine groups is 1. The van der Waals surface area contributed by atoms with Crippen molar-refractivity contribution in [3.05, 3.63) is 11.9 Å². The SMILES string of the molecule is CCc1nc(NN)cc(N2CCSCC2C)n1.